The third-order valence-electron chi connectivity index (χ3n) is 6.50. The fraction of sp³-hybridized carbons (Fsp3) is 0.480. The number of aromatic nitrogens is 2. The molecule has 2 aromatic heterocycles. The van der Waals surface area contributed by atoms with Gasteiger partial charge in [0.2, 0.25) is 0 Å². The van der Waals surface area contributed by atoms with Crippen LogP contribution in [-0.2, 0) is 16.9 Å². The number of fused-ring (bicyclic) bond motifs is 3. The molecule has 5 N–H and O–H groups in total. The van der Waals surface area contributed by atoms with E-state index in [1.54, 1.807) is 12.1 Å². The molecule has 1 aliphatic rings. The molecule has 1 aliphatic heterocycles. The van der Waals surface area contributed by atoms with Crippen LogP contribution < -0.4 is 11.6 Å². The summed E-state index contributed by atoms with van der Waals surface area (Å²) in [5.74, 6) is 6.67. The number of rotatable bonds is 6. The number of hydrogen-bond acceptors (Lipinski definition) is 6. The summed E-state index contributed by atoms with van der Waals surface area (Å²) < 4.78 is 7.93. The Morgan fingerprint density at radius 3 is 2.59 bits per heavy atom. The van der Waals surface area contributed by atoms with Crippen molar-refractivity contribution in [3.8, 4) is 0 Å². The first-order valence-corrected chi connectivity index (χ1v) is 11.4. The largest absolute Gasteiger partial charge is 0.400 e. The van der Waals surface area contributed by atoms with Gasteiger partial charge in [-0.1, -0.05) is 19.1 Å². The zero-order valence-electron chi connectivity index (χ0n) is 19.6. The van der Waals surface area contributed by atoms with E-state index in [2.05, 4.69) is 22.8 Å². The van der Waals surface area contributed by atoms with Crippen LogP contribution in [0.15, 0.2) is 36.2 Å². The van der Waals surface area contributed by atoms with E-state index in [0.29, 0.717) is 12.3 Å². The minimum absolute atomic E-state index is 0.532. The molecule has 32 heavy (non-hydrogen) atoms. The Balaban J connectivity index is 1.95. The molecular weight excluding hydrogens is 402 g/mol. The number of pyridine rings is 1. The number of aliphatic hydroxyl groups is 1. The Morgan fingerprint density at radius 1 is 1.25 bits per heavy atom. The summed E-state index contributed by atoms with van der Waals surface area (Å²) in [5.41, 5.74) is 11.8. The van der Waals surface area contributed by atoms with Crippen molar-refractivity contribution < 1.29 is 9.84 Å². The number of ether oxygens (including phenoxy) is 1. The number of hydrazine groups is 1. The molecule has 3 aromatic rings. The van der Waals surface area contributed by atoms with Gasteiger partial charge in [0.05, 0.1) is 27.8 Å². The van der Waals surface area contributed by atoms with Gasteiger partial charge in [0.25, 0.3) is 0 Å². The van der Waals surface area contributed by atoms with Crippen molar-refractivity contribution in [2.45, 2.75) is 52.2 Å². The predicted molar refractivity (Wildman–Crippen MR) is 129 cm³/mol. The Hall–Kier alpha value is -2.61. The second kappa shape index (κ2) is 8.73. The number of benzene rings is 1. The average Bonchev–Trinajstić information content (AvgIpc) is 3.06. The van der Waals surface area contributed by atoms with E-state index in [0.717, 1.165) is 77.1 Å². The first kappa shape index (κ1) is 22.6. The van der Waals surface area contributed by atoms with Crippen LogP contribution in [0, 0.1) is 5.92 Å². The molecule has 7 nitrogen and oxygen atoms in total. The van der Waals surface area contributed by atoms with Crippen LogP contribution in [0.5, 0.6) is 0 Å². The molecule has 3 heterocycles. The Bertz CT molecular complexity index is 1150. The van der Waals surface area contributed by atoms with Gasteiger partial charge in [-0.2, -0.15) is 0 Å². The number of nitrogens with two attached hydrogens (primary N) is 2. The zero-order chi connectivity index (χ0) is 23.0. The third-order valence-corrected chi connectivity index (χ3v) is 6.50. The van der Waals surface area contributed by atoms with Crippen molar-refractivity contribution in [1.82, 2.24) is 14.6 Å². The number of hydrogen-bond donors (Lipinski definition) is 3. The van der Waals surface area contributed by atoms with Crippen LogP contribution in [0.3, 0.4) is 0 Å². The van der Waals surface area contributed by atoms with E-state index in [1.165, 1.54) is 0 Å². The normalized spacial score (nSPS) is 16.6. The monoisotopic (exact) mass is 437 g/mol. The van der Waals surface area contributed by atoms with Crippen LogP contribution >= 0.6 is 0 Å². The summed E-state index contributed by atoms with van der Waals surface area (Å²) in [6.45, 7) is 8.14. The molecule has 0 unspecified atom stereocenters. The van der Waals surface area contributed by atoms with Gasteiger partial charge in [0.15, 0.2) is 0 Å². The van der Waals surface area contributed by atoms with Gasteiger partial charge in [0.1, 0.15) is 0 Å². The van der Waals surface area contributed by atoms with Crippen LogP contribution in [0.4, 0.5) is 0 Å². The number of nitrogens with zero attached hydrogens (tertiary/aromatic N) is 3. The van der Waals surface area contributed by atoms with E-state index in [4.69, 9.17) is 21.3 Å². The van der Waals surface area contributed by atoms with Crippen molar-refractivity contribution >= 4 is 27.6 Å². The molecule has 0 bridgehead atoms. The molecule has 1 saturated heterocycles. The van der Waals surface area contributed by atoms with E-state index in [9.17, 15) is 5.11 Å². The second-order valence-electron chi connectivity index (χ2n) is 9.39. The van der Waals surface area contributed by atoms with Gasteiger partial charge in [0, 0.05) is 49.6 Å². The highest BCUT2D eigenvalue weighted by atomic mass is 16.5. The minimum Gasteiger partial charge on any atom is -0.400 e. The van der Waals surface area contributed by atoms with Gasteiger partial charge in [-0.25, -0.2) is 5.84 Å². The quantitative estimate of drug-likeness (QED) is 0.402. The molecule has 0 spiro atoms. The SMILES string of the molecule is CC/C(N)=C(\c1cnc2c3ccc(C(C)(C)O)cc3n(CC3CCOCC3)c2c1)N(C)N. The Labute approximate surface area is 189 Å². The summed E-state index contributed by atoms with van der Waals surface area (Å²) in [5, 5.41) is 13.3. The lowest BCUT2D eigenvalue weighted by molar-refractivity contribution is 0.0619. The molecule has 7 heteroatoms. The Morgan fingerprint density at radius 2 is 1.97 bits per heavy atom. The minimum atomic E-state index is -0.916. The highest BCUT2D eigenvalue weighted by molar-refractivity contribution is 6.06. The number of allylic oxidation sites excluding steroid dienone is 1. The van der Waals surface area contributed by atoms with Crippen LogP contribution in [0.25, 0.3) is 27.6 Å². The second-order valence-corrected chi connectivity index (χ2v) is 9.39. The van der Waals surface area contributed by atoms with E-state index in [1.807, 2.05) is 33.0 Å². The first-order valence-electron chi connectivity index (χ1n) is 11.4. The molecule has 172 valence electrons. The van der Waals surface area contributed by atoms with Crippen molar-refractivity contribution in [1.29, 1.82) is 0 Å². The molecule has 0 radical (unpaired) electrons. The van der Waals surface area contributed by atoms with E-state index >= 15 is 0 Å². The maximum Gasteiger partial charge on any atom is 0.0960 e. The summed E-state index contributed by atoms with van der Waals surface area (Å²) in [4.78, 5) is 4.85. The van der Waals surface area contributed by atoms with Gasteiger partial charge < -0.3 is 25.2 Å². The Kier molecular flexibility index (Phi) is 6.16. The van der Waals surface area contributed by atoms with Crippen molar-refractivity contribution in [2.75, 3.05) is 20.3 Å². The lowest BCUT2D eigenvalue weighted by atomic mass is 9.97. The summed E-state index contributed by atoms with van der Waals surface area (Å²) in [7, 11) is 1.80. The molecule has 0 amide bonds. The molecule has 1 aromatic carbocycles. The van der Waals surface area contributed by atoms with Gasteiger partial charge in [-0.3, -0.25) is 4.98 Å². The van der Waals surface area contributed by atoms with E-state index in [-0.39, 0.29) is 0 Å². The van der Waals surface area contributed by atoms with Crippen LogP contribution in [0.2, 0.25) is 0 Å². The molecule has 0 aliphatic carbocycles. The maximum atomic E-state index is 10.6. The van der Waals surface area contributed by atoms with E-state index < -0.39 is 5.60 Å². The lowest BCUT2D eigenvalue weighted by Gasteiger charge is -2.24. The molecular formula is C25H35N5O2. The van der Waals surface area contributed by atoms with Crippen LogP contribution in [-0.4, -0.2) is 39.9 Å². The molecule has 1 fully saturated rings. The van der Waals surface area contributed by atoms with Crippen molar-refractivity contribution in [3.05, 3.63) is 47.3 Å². The summed E-state index contributed by atoms with van der Waals surface area (Å²) in [6.07, 6.45) is 4.64. The van der Waals surface area contributed by atoms with Crippen molar-refractivity contribution in [2.24, 2.45) is 17.5 Å². The standard InChI is InChI=1S/C25H35N5O2/c1-5-20(26)24(29(4)27)17-12-22-23(28-14-17)19-7-6-18(25(2,3)31)13-21(19)30(22)15-16-8-10-32-11-9-16/h6-7,12-14,16,31H,5,8-11,15,26-27H2,1-4H3/b24-20-. The van der Waals surface area contributed by atoms with Gasteiger partial charge >= 0.3 is 0 Å². The fourth-order valence-electron chi connectivity index (χ4n) is 4.63. The first-order chi connectivity index (χ1) is 15.2. The molecule has 0 saturated carbocycles. The molecule has 4 rings (SSSR count). The molecule has 0 atom stereocenters. The summed E-state index contributed by atoms with van der Waals surface area (Å²) >= 11 is 0. The van der Waals surface area contributed by atoms with Gasteiger partial charge in [-0.05, 0) is 56.7 Å². The predicted octanol–water partition coefficient (Wildman–Crippen LogP) is 3.69. The topological polar surface area (TPSA) is 103 Å². The lowest BCUT2D eigenvalue weighted by Crippen LogP contribution is -2.27. The van der Waals surface area contributed by atoms with Gasteiger partial charge in [-0.15, -0.1) is 0 Å². The highest BCUT2D eigenvalue weighted by Gasteiger charge is 2.23. The fourth-order valence-corrected chi connectivity index (χ4v) is 4.63. The maximum absolute atomic E-state index is 10.6. The third kappa shape index (κ3) is 4.20. The summed E-state index contributed by atoms with van der Waals surface area (Å²) in [6, 6.07) is 8.31. The average molecular weight is 438 g/mol. The smallest absolute Gasteiger partial charge is 0.0960 e. The zero-order valence-corrected chi connectivity index (χ0v) is 19.6. The van der Waals surface area contributed by atoms with Crippen molar-refractivity contribution in [3.63, 3.8) is 0 Å². The highest BCUT2D eigenvalue weighted by Crippen LogP contribution is 2.34. The van der Waals surface area contributed by atoms with Crippen LogP contribution in [0.1, 0.15) is 51.2 Å².